The Balaban J connectivity index is 1.40. The first kappa shape index (κ1) is 34.1. The van der Waals surface area contributed by atoms with Crippen LogP contribution >= 0.6 is 0 Å². The van der Waals surface area contributed by atoms with Crippen LogP contribution in [0, 0.1) is 5.92 Å². The number of hydrogen-bond donors (Lipinski definition) is 3. The van der Waals surface area contributed by atoms with E-state index >= 15 is 0 Å². The summed E-state index contributed by atoms with van der Waals surface area (Å²) < 4.78 is 11.1. The minimum absolute atomic E-state index is 0.0759. The Bertz CT molecular complexity index is 1440. The van der Waals surface area contributed by atoms with Crippen molar-refractivity contribution in [1.29, 1.82) is 0 Å². The Kier molecular flexibility index (Phi) is 10.4. The maximum atomic E-state index is 14.2. The molecule has 3 amide bonds. The second kappa shape index (κ2) is 14.3. The summed E-state index contributed by atoms with van der Waals surface area (Å²) in [7, 11) is 0. The zero-order chi connectivity index (χ0) is 33.8. The Hall–Kier alpha value is -4.23. The van der Waals surface area contributed by atoms with Gasteiger partial charge in [-0.3, -0.25) is 9.59 Å². The predicted octanol–water partition coefficient (Wildman–Crippen LogP) is 3.87. The second-order valence-electron chi connectivity index (χ2n) is 13.9. The van der Waals surface area contributed by atoms with Gasteiger partial charge >= 0.3 is 12.1 Å². The summed E-state index contributed by atoms with van der Waals surface area (Å²) in [5, 5.41) is 28.8. The molecule has 3 aliphatic rings. The van der Waals surface area contributed by atoms with Gasteiger partial charge in [-0.15, -0.1) is 10.2 Å². The van der Waals surface area contributed by atoms with E-state index in [1.54, 1.807) is 20.8 Å². The number of benzene rings is 1. The molecule has 0 radical (unpaired) electrons. The number of nitrogens with one attached hydrogen (secondary N) is 2. The van der Waals surface area contributed by atoms with Crippen LogP contribution in [0.5, 0.6) is 5.75 Å². The van der Waals surface area contributed by atoms with Crippen molar-refractivity contribution in [3.8, 4) is 17.1 Å². The molecule has 3 heterocycles. The molecule has 2 aliphatic heterocycles. The fourth-order valence-electron chi connectivity index (χ4n) is 6.52. The summed E-state index contributed by atoms with van der Waals surface area (Å²) in [4.78, 5) is 56.2. The molecule has 3 fully saturated rings. The van der Waals surface area contributed by atoms with Gasteiger partial charge in [-0.05, 0) is 81.9 Å². The highest BCUT2D eigenvalue weighted by Gasteiger charge is 2.62. The van der Waals surface area contributed by atoms with E-state index in [0.717, 1.165) is 43.4 Å². The molecule has 0 bridgehead atoms. The highest BCUT2D eigenvalue weighted by Crippen LogP contribution is 2.47. The van der Waals surface area contributed by atoms with Gasteiger partial charge in [0.05, 0.1) is 12.6 Å². The Morgan fingerprint density at radius 3 is 2.47 bits per heavy atom. The molecule has 1 aliphatic carbocycles. The van der Waals surface area contributed by atoms with E-state index in [1.165, 1.54) is 9.70 Å². The molecule has 1 saturated carbocycles. The van der Waals surface area contributed by atoms with Crippen molar-refractivity contribution in [3.63, 3.8) is 0 Å². The molecule has 2 aromatic rings. The van der Waals surface area contributed by atoms with Gasteiger partial charge in [-0.25, -0.2) is 9.59 Å². The van der Waals surface area contributed by atoms with E-state index in [9.17, 15) is 24.3 Å². The number of alkyl carbamates (subject to hydrolysis) is 1. The van der Waals surface area contributed by atoms with Crippen molar-refractivity contribution in [3.05, 3.63) is 24.3 Å². The number of nitrogens with zero attached hydrogens (tertiary/aromatic N) is 5. The molecule has 2 saturated heterocycles. The molecule has 5 atom stereocenters. The molecule has 256 valence electrons. The highest BCUT2D eigenvalue weighted by atomic mass is 16.6. The van der Waals surface area contributed by atoms with Crippen molar-refractivity contribution < 1.29 is 33.8 Å². The van der Waals surface area contributed by atoms with E-state index < -0.39 is 53.1 Å². The average Bonchev–Trinajstić information content (AvgIpc) is 3.33. The maximum absolute atomic E-state index is 14.2. The fraction of sp³-hybridized carbons (Fsp3) is 0.667. The lowest BCUT2D eigenvalue weighted by Gasteiger charge is -2.30. The van der Waals surface area contributed by atoms with Gasteiger partial charge < -0.3 is 30.1 Å². The standard InChI is InChI=1S/C33H47N7O7/c1-5-17-46-24-15-13-21(14-16-24)27-36-38-40(37-27)23-18-26-28(41)35-33(30(43)44)19-22(33)11-9-7-6-8-10-12-25(29(42)39(26)20-23)34-31(45)47-32(2,3)4/h13-16,22-23,25-26H,5-12,17-20H2,1-4H3,(H,34,45)(H,35,41)(H,43,44)/t22-,23-,25+,26-,33-/m0/s1. The number of aromatic nitrogens is 4. The molecule has 3 N–H and O–H groups in total. The average molecular weight is 654 g/mol. The molecule has 0 spiro atoms. The molecule has 14 heteroatoms. The summed E-state index contributed by atoms with van der Waals surface area (Å²) in [6.07, 6.45) is 6.04. The number of fused-ring (bicyclic) bond motifs is 2. The predicted molar refractivity (Wildman–Crippen MR) is 170 cm³/mol. The molecule has 1 aromatic carbocycles. The summed E-state index contributed by atoms with van der Waals surface area (Å²) >= 11 is 0. The third kappa shape index (κ3) is 8.20. The fourth-order valence-corrected chi connectivity index (χ4v) is 6.52. The molecular formula is C33H47N7O7. The molecular weight excluding hydrogens is 606 g/mol. The van der Waals surface area contributed by atoms with Crippen LogP contribution < -0.4 is 15.4 Å². The number of hydrogen-bond acceptors (Lipinski definition) is 9. The van der Waals surface area contributed by atoms with Crippen LogP contribution in [0.3, 0.4) is 0 Å². The lowest BCUT2D eigenvalue weighted by molar-refractivity contribution is -0.146. The normalized spacial score (nSPS) is 27.0. The van der Waals surface area contributed by atoms with E-state index in [0.29, 0.717) is 38.1 Å². The quantitative estimate of drug-likeness (QED) is 0.397. The number of tetrazole rings is 1. The Morgan fingerprint density at radius 2 is 1.79 bits per heavy atom. The molecule has 14 nitrogen and oxygen atoms in total. The first-order valence-electron chi connectivity index (χ1n) is 16.8. The van der Waals surface area contributed by atoms with Crippen LogP contribution in [0.4, 0.5) is 4.79 Å². The van der Waals surface area contributed by atoms with E-state index in [1.807, 2.05) is 31.2 Å². The molecule has 5 rings (SSSR count). The van der Waals surface area contributed by atoms with Gasteiger partial charge in [-0.2, -0.15) is 4.80 Å². The summed E-state index contributed by atoms with van der Waals surface area (Å²) in [5.41, 5.74) is -1.38. The molecule has 0 unspecified atom stereocenters. The summed E-state index contributed by atoms with van der Waals surface area (Å²) in [6, 6.07) is 4.91. The Labute approximate surface area is 274 Å². The van der Waals surface area contributed by atoms with Gasteiger partial charge in [0.15, 0.2) is 0 Å². The number of amides is 3. The number of rotatable bonds is 7. The third-order valence-corrected chi connectivity index (χ3v) is 9.07. The first-order chi connectivity index (χ1) is 22.4. The van der Waals surface area contributed by atoms with Gasteiger partial charge in [-0.1, -0.05) is 39.0 Å². The van der Waals surface area contributed by atoms with Crippen molar-refractivity contribution in [2.75, 3.05) is 13.2 Å². The van der Waals surface area contributed by atoms with Crippen LogP contribution in [-0.2, 0) is 19.1 Å². The van der Waals surface area contributed by atoms with E-state index in [4.69, 9.17) is 9.47 Å². The van der Waals surface area contributed by atoms with Crippen LogP contribution in [-0.4, -0.2) is 90.5 Å². The minimum atomic E-state index is -1.34. The number of carbonyl (C=O) groups is 4. The number of ether oxygens (including phenoxy) is 2. The topological polar surface area (TPSA) is 178 Å². The highest BCUT2D eigenvalue weighted by molar-refractivity contribution is 5.95. The van der Waals surface area contributed by atoms with Crippen molar-refractivity contribution in [2.45, 2.75) is 121 Å². The molecule has 47 heavy (non-hydrogen) atoms. The van der Waals surface area contributed by atoms with E-state index in [-0.39, 0.29) is 18.9 Å². The Morgan fingerprint density at radius 1 is 1.09 bits per heavy atom. The first-order valence-corrected chi connectivity index (χ1v) is 16.8. The lowest BCUT2D eigenvalue weighted by atomic mass is 10.0. The van der Waals surface area contributed by atoms with Gasteiger partial charge in [0, 0.05) is 18.5 Å². The van der Waals surface area contributed by atoms with Gasteiger partial charge in [0.1, 0.15) is 29.0 Å². The van der Waals surface area contributed by atoms with Crippen molar-refractivity contribution in [1.82, 2.24) is 35.7 Å². The number of carbonyl (C=O) groups excluding carboxylic acids is 3. The molecule has 1 aromatic heterocycles. The monoisotopic (exact) mass is 653 g/mol. The minimum Gasteiger partial charge on any atom is -0.494 e. The van der Waals surface area contributed by atoms with Crippen molar-refractivity contribution in [2.24, 2.45) is 5.92 Å². The zero-order valence-corrected chi connectivity index (χ0v) is 27.7. The van der Waals surface area contributed by atoms with Crippen LogP contribution in [0.15, 0.2) is 24.3 Å². The number of carboxylic acid groups (broad SMARTS) is 1. The lowest BCUT2D eigenvalue weighted by Crippen LogP contribution is -2.56. The van der Waals surface area contributed by atoms with Crippen LogP contribution in [0.25, 0.3) is 11.4 Å². The van der Waals surface area contributed by atoms with Crippen LogP contribution in [0.2, 0.25) is 0 Å². The number of carboxylic acids is 1. The third-order valence-electron chi connectivity index (χ3n) is 9.07. The second-order valence-corrected chi connectivity index (χ2v) is 13.9. The zero-order valence-electron chi connectivity index (χ0n) is 27.7. The van der Waals surface area contributed by atoms with Gasteiger partial charge in [0.2, 0.25) is 17.6 Å². The van der Waals surface area contributed by atoms with Gasteiger partial charge in [0.25, 0.3) is 0 Å². The largest absolute Gasteiger partial charge is 0.494 e. The van der Waals surface area contributed by atoms with Crippen molar-refractivity contribution >= 4 is 23.9 Å². The number of aliphatic carboxylic acids is 1. The van der Waals surface area contributed by atoms with E-state index in [2.05, 4.69) is 26.0 Å². The summed E-state index contributed by atoms with van der Waals surface area (Å²) in [5.74, 6) is -1.09. The van der Waals surface area contributed by atoms with Crippen LogP contribution in [0.1, 0.15) is 97.9 Å². The maximum Gasteiger partial charge on any atom is 0.408 e. The smallest absolute Gasteiger partial charge is 0.408 e. The SMILES string of the molecule is CCCOc1ccc(-c2nnn([C@H]3C[C@H]4C(=O)N[C@@]5(C(=O)O)C[C@@H]5CCCCCCC[C@@H](NC(=O)OC(C)(C)C)C(=O)N4C3)n2)cc1. The summed E-state index contributed by atoms with van der Waals surface area (Å²) in [6.45, 7) is 7.95.